The summed E-state index contributed by atoms with van der Waals surface area (Å²) in [6, 6.07) is 7.95. The molecule has 102 valence electrons. The van der Waals surface area contributed by atoms with Crippen LogP contribution in [0.5, 0.6) is 0 Å². The lowest BCUT2D eigenvalue weighted by atomic mass is 10.0. The smallest absolute Gasteiger partial charge is 0.169 e. The van der Waals surface area contributed by atoms with Gasteiger partial charge in [0.25, 0.3) is 0 Å². The van der Waals surface area contributed by atoms with E-state index in [0.717, 1.165) is 4.90 Å². The van der Waals surface area contributed by atoms with E-state index < -0.39 is 12.0 Å². The zero-order chi connectivity index (χ0) is 13.7. The van der Waals surface area contributed by atoms with Gasteiger partial charge < -0.3 is 19.5 Å². The van der Waals surface area contributed by atoms with Crippen LogP contribution in [-0.2, 0) is 9.53 Å². The number of Topliss-reactive ketones (excluding diaryl/α,β-unsaturated/α-hetero) is 1. The molecule has 19 heavy (non-hydrogen) atoms. The Morgan fingerprint density at radius 3 is 2.42 bits per heavy atom. The van der Waals surface area contributed by atoms with Gasteiger partial charge in [0, 0.05) is 5.56 Å². The van der Waals surface area contributed by atoms with Gasteiger partial charge in [0.15, 0.2) is 5.78 Å². The van der Waals surface area contributed by atoms with E-state index in [2.05, 4.69) is 0 Å². The minimum Gasteiger partial charge on any atom is -0.544 e. The van der Waals surface area contributed by atoms with E-state index in [-0.39, 0.29) is 12.2 Å². The van der Waals surface area contributed by atoms with Crippen LogP contribution in [0.1, 0.15) is 16.8 Å². The molecular formula is C14H17NO4. The Morgan fingerprint density at radius 2 is 1.84 bits per heavy atom. The molecule has 1 heterocycles. The molecule has 1 atom stereocenters. The first-order valence-electron chi connectivity index (χ1n) is 6.40. The summed E-state index contributed by atoms with van der Waals surface area (Å²) in [6.45, 7) is 2.25. The minimum atomic E-state index is -1.17. The van der Waals surface area contributed by atoms with Crippen molar-refractivity contribution in [1.29, 1.82) is 0 Å². The van der Waals surface area contributed by atoms with Crippen LogP contribution in [0.2, 0.25) is 0 Å². The first-order chi connectivity index (χ1) is 9.18. The monoisotopic (exact) mass is 263 g/mol. The van der Waals surface area contributed by atoms with E-state index in [0.29, 0.717) is 31.9 Å². The number of hydrogen-bond donors (Lipinski definition) is 1. The van der Waals surface area contributed by atoms with Crippen LogP contribution in [0.4, 0.5) is 0 Å². The minimum absolute atomic E-state index is 0.0261. The van der Waals surface area contributed by atoms with Gasteiger partial charge in [0.05, 0.1) is 25.6 Å². The molecule has 0 bridgehead atoms. The summed E-state index contributed by atoms with van der Waals surface area (Å²) in [6.07, 6.45) is -0.0261. The lowest BCUT2D eigenvalue weighted by molar-refractivity contribution is -0.925. The van der Waals surface area contributed by atoms with Gasteiger partial charge in [-0.05, 0) is 0 Å². The summed E-state index contributed by atoms with van der Waals surface area (Å²) in [4.78, 5) is 24.2. The van der Waals surface area contributed by atoms with E-state index in [1.54, 1.807) is 24.3 Å². The Labute approximate surface area is 111 Å². The molecule has 1 aromatic carbocycles. The summed E-state index contributed by atoms with van der Waals surface area (Å²) in [5.41, 5.74) is 0.543. The number of quaternary nitrogens is 1. The number of benzene rings is 1. The van der Waals surface area contributed by atoms with E-state index in [9.17, 15) is 14.7 Å². The summed E-state index contributed by atoms with van der Waals surface area (Å²) in [7, 11) is 0. The number of carbonyl (C=O) groups excluding carboxylic acids is 2. The predicted molar refractivity (Wildman–Crippen MR) is 65.7 cm³/mol. The van der Waals surface area contributed by atoms with Crippen molar-refractivity contribution in [2.75, 3.05) is 26.3 Å². The fraction of sp³-hybridized carbons (Fsp3) is 0.429. The quantitative estimate of drug-likeness (QED) is 0.642. The Balaban J connectivity index is 2.04. The van der Waals surface area contributed by atoms with Crippen molar-refractivity contribution in [3.8, 4) is 0 Å². The Hall–Kier alpha value is -1.72. The third kappa shape index (κ3) is 3.62. The zero-order valence-electron chi connectivity index (χ0n) is 10.6. The highest BCUT2D eigenvalue weighted by molar-refractivity contribution is 5.98. The van der Waals surface area contributed by atoms with Gasteiger partial charge in [0.1, 0.15) is 19.1 Å². The van der Waals surface area contributed by atoms with E-state index in [1.165, 1.54) is 0 Å². The molecule has 1 aliphatic rings. The van der Waals surface area contributed by atoms with Crippen LogP contribution in [0.15, 0.2) is 30.3 Å². The molecule has 0 unspecified atom stereocenters. The van der Waals surface area contributed by atoms with Crippen molar-refractivity contribution < 1.29 is 24.3 Å². The van der Waals surface area contributed by atoms with Gasteiger partial charge in [-0.3, -0.25) is 4.79 Å². The highest BCUT2D eigenvalue weighted by atomic mass is 16.5. The van der Waals surface area contributed by atoms with Crippen LogP contribution >= 0.6 is 0 Å². The van der Waals surface area contributed by atoms with Gasteiger partial charge in [-0.25, -0.2) is 0 Å². The van der Waals surface area contributed by atoms with Crippen molar-refractivity contribution in [1.82, 2.24) is 0 Å². The number of morpholine rings is 1. The van der Waals surface area contributed by atoms with E-state index in [1.807, 2.05) is 6.07 Å². The van der Waals surface area contributed by atoms with E-state index >= 15 is 0 Å². The highest BCUT2D eigenvalue weighted by Crippen LogP contribution is 2.04. The topological polar surface area (TPSA) is 70.9 Å². The van der Waals surface area contributed by atoms with Crippen molar-refractivity contribution in [2.24, 2.45) is 0 Å². The van der Waals surface area contributed by atoms with Crippen LogP contribution in [0.3, 0.4) is 0 Å². The van der Waals surface area contributed by atoms with Gasteiger partial charge in [-0.2, -0.15) is 0 Å². The molecule has 1 N–H and O–H groups in total. The molecule has 1 fully saturated rings. The van der Waals surface area contributed by atoms with Crippen LogP contribution in [-0.4, -0.2) is 44.1 Å². The number of aliphatic carboxylic acids is 1. The first-order valence-corrected chi connectivity index (χ1v) is 6.40. The second-order valence-corrected chi connectivity index (χ2v) is 4.64. The fourth-order valence-corrected chi connectivity index (χ4v) is 2.30. The Morgan fingerprint density at radius 1 is 1.21 bits per heavy atom. The van der Waals surface area contributed by atoms with E-state index in [4.69, 9.17) is 4.74 Å². The molecule has 0 aromatic heterocycles. The zero-order valence-corrected chi connectivity index (χ0v) is 10.6. The summed E-state index contributed by atoms with van der Waals surface area (Å²) < 4.78 is 5.20. The SMILES string of the molecule is O=C(C[C@@H](C(=O)[O-])[NH+]1CCOCC1)c1ccccc1. The molecule has 1 saturated heterocycles. The Bertz CT molecular complexity index is 440. The molecule has 0 spiro atoms. The number of nitrogens with one attached hydrogen (secondary N) is 1. The van der Waals surface area contributed by atoms with Crippen LogP contribution in [0.25, 0.3) is 0 Å². The average molecular weight is 263 g/mol. The third-order valence-corrected chi connectivity index (χ3v) is 3.40. The van der Waals surface area contributed by atoms with Gasteiger partial charge >= 0.3 is 0 Å². The number of ether oxygens (including phenoxy) is 1. The number of carboxylic acid groups (broad SMARTS) is 1. The van der Waals surface area contributed by atoms with Crippen LogP contribution in [0, 0.1) is 0 Å². The molecule has 0 radical (unpaired) electrons. The molecule has 0 saturated carbocycles. The number of rotatable bonds is 5. The maximum Gasteiger partial charge on any atom is 0.169 e. The Kier molecular flexibility index (Phi) is 4.65. The molecule has 5 nitrogen and oxygen atoms in total. The summed E-state index contributed by atoms with van der Waals surface area (Å²) in [5, 5.41) is 11.2. The largest absolute Gasteiger partial charge is 0.544 e. The second kappa shape index (κ2) is 6.45. The average Bonchev–Trinajstić information content (AvgIpc) is 2.46. The molecular weight excluding hydrogens is 246 g/mol. The lowest BCUT2D eigenvalue weighted by Gasteiger charge is -2.31. The number of hydrogen-bond acceptors (Lipinski definition) is 4. The second-order valence-electron chi connectivity index (χ2n) is 4.64. The lowest BCUT2D eigenvalue weighted by Crippen LogP contribution is -3.19. The maximum atomic E-state index is 12.1. The van der Waals surface area contributed by atoms with Crippen molar-refractivity contribution >= 4 is 11.8 Å². The molecule has 1 aromatic rings. The highest BCUT2D eigenvalue weighted by Gasteiger charge is 2.28. The maximum absolute atomic E-state index is 12.1. The molecule has 5 heteroatoms. The third-order valence-electron chi connectivity index (χ3n) is 3.40. The standard InChI is InChI=1S/C14H17NO4/c16-13(11-4-2-1-3-5-11)10-12(14(17)18)15-6-8-19-9-7-15/h1-5,12H,6-10H2,(H,17,18)/t12-/m0/s1. The van der Waals surface area contributed by atoms with Crippen LogP contribution < -0.4 is 10.0 Å². The number of carboxylic acids is 1. The first kappa shape index (κ1) is 13.7. The van der Waals surface area contributed by atoms with Crippen molar-refractivity contribution in [3.05, 3.63) is 35.9 Å². The normalized spacial score (nSPS) is 17.9. The molecule has 2 rings (SSSR count). The van der Waals surface area contributed by atoms with Gasteiger partial charge in [0.2, 0.25) is 0 Å². The summed E-state index contributed by atoms with van der Waals surface area (Å²) >= 11 is 0. The van der Waals surface area contributed by atoms with Gasteiger partial charge in [-0.1, -0.05) is 30.3 Å². The predicted octanol–water partition coefficient (Wildman–Crippen LogP) is -1.71. The fourth-order valence-electron chi connectivity index (χ4n) is 2.30. The van der Waals surface area contributed by atoms with Crippen molar-refractivity contribution in [2.45, 2.75) is 12.5 Å². The number of carbonyl (C=O) groups is 2. The molecule has 0 aliphatic carbocycles. The van der Waals surface area contributed by atoms with Gasteiger partial charge in [-0.15, -0.1) is 0 Å². The molecule has 1 aliphatic heterocycles. The summed E-state index contributed by atoms with van der Waals surface area (Å²) in [5.74, 6) is -1.32. The van der Waals surface area contributed by atoms with Crippen molar-refractivity contribution in [3.63, 3.8) is 0 Å². The molecule has 0 amide bonds. The number of ketones is 1.